The SMILES string of the molecule is C=CCN(C(=O)C(CS)NC(C)=O)C(C)C. The molecular formula is C11H20N2O2S. The van der Waals surface area contributed by atoms with Crippen LogP contribution in [0.25, 0.3) is 0 Å². The van der Waals surface area contributed by atoms with E-state index in [-0.39, 0.29) is 17.9 Å². The van der Waals surface area contributed by atoms with Gasteiger partial charge in [0.05, 0.1) is 0 Å². The van der Waals surface area contributed by atoms with Crippen molar-refractivity contribution in [1.29, 1.82) is 0 Å². The molecule has 2 amide bonds. The molecule has 0 fully saturated rings. The lowest BCUT2D eigenvalue weighted by Gasteiger charge is -2.29. The Kier molecular flexibility index (Phi) is 6.88. The molecule has 1 unspecified atom stereocenters. The van der Waals surface area contributed by atoms with Gasteiger partial charge in [0.1, 0.15) is 6.04 Å². The van der Waals surface area contributed by atoms with Crippen molar-refractivity contribution in [2.45, 2.75) is 32.9 Å². The molecule has 0 aliphatic heterocycles. The third-order valence-corrected chi connectivity index (χ3v) is 2.46. The summed E-state index contributed by atoms with van der Waals surface area (Å²) >= 11 is 4.07. The Morgan fingerprint density at radius 2 is 2.06 bits per heavy atom. The van der Waals surface area contributed by atoms with Gasteiger partial charge in [-0.05, 0) is 13.8 Å². The van der Waals surface area contributed by atoms with Gasteiger partial charge in [-0.3, -0.25) is 9.59 Å². The van der Waals surface area contributed by atoms with E-state index < -0.39 is 6.04 Å². The highest BCUT2D eigenvalue weighted by atomic mass is 32.1. The third kappa shape index (κ3) is 4.70. The Labute approximate surface area is 102 Å². The third-order valence-electron chi connectivity index (χ3n) is 2.09. The molecule has 1 atom stereocenters. The smallest absolute Gasteiger partial charge is 0.246 e. The van der Waals surface area contributed by atoms with Crippen LogP contribution in [0.2, 0.25) is 0 Å². The maximum absolute atomic E-state index is 12.1. The maximum Gasteiger partial charge on any atom is 0.246 e. The number of nitrogens with one attached hydrogen (secondary N) is 1. The van der Waals surface area contributed by atoms with E-state index in [9.17, 15) is 9.59 Å². The average Bonchev–Trinajstić information content (AvgIpc) is 2.20. The molecule has 4 nitrogen and oxygen atoms in total. The normalized spacial score (nSPS) is 12.1. The van der Waals surface area contributed by atoms with Crippen molar-refractivity contribution < 1.29 is 9.59 Å². The van der Waals surface area contributed by atoms with E-state index in [2.05, 4.69) is 24.5 Å². The van der Waals surface area contributed by atoms with E-state index >= 15 is 0 Å². The van der Waals surface area contributed by atoms with Crippen LogP contribution in [0.1, 0.15) is 20.8 Å². The van der Waals surface area contributed by atoms with Gasteiger partial charge in [-0.2, -0.15) is 12.6 Å². The van der Waals surface area contributed by atoms with Gasteiger partial charge in [0.25, 0.3) is 0 Å². The van der Waals surface area contributed by atoms with Gasteiger partial charge in [0.2, 0.25) is 11.8 Å². The Hall–Kier alpha value is -0.970. The molecule has 1 N–H and O–H groups in total. The van der Waals surface area contributed by atoms with Gasteiger partial charge >= 0.3 is 0 Å². The van der Waals surface area contributed by atoms with Crippen LogP contribution in [0.4, 0.5) is 0 Å². The molecule has 0 bridgehead atoms. The molecule has 16 heavy (non-hydrogen) atoms. The number of rotatable bonds is 6. The van der Waals surface area contributed by atoms with E-state index in [1.807, 2.05) is 13.8 Å². The van der Waals surface area contributed by atoms with E-state index in [1.54, 1.807) is 11.0 Å². The van der Waals surface area contributed by atoms with E-state index in [0.717, 1.165) is 0 Å². The van der Waals surface area contributed by atoms with Crippen molar-refractivity contribution in [2.75, 3.05) is 12.3 Å². The molecule has 0 aromatic rings. The molecule has 0 radical (unpaired) electrons. The van der Waals surface area contributed by atoms with Gasteiger partial charge in [-0.25, -0.2) is 0 Å². The highest BCUT2D eigenvalue weighted by Crippen LogP contribution is 2.03. The summed E-state index contributed by atoms with van der Waals surface area (Å²) in [5, 5.41) is 2.58. The predicted molar refractivity (Wildman–Crippen MR) is 68.5 cm³/mol. The zero-order valence-electron chi connectivity index (χ0n) is 10.1. The summed E-state index contributed by atoms with van der Waals surface area (Å²) in [6, 6.07) is -0.496. The summed E-state index contributed by atoms with van der Waals surface area (Å²) < 4.78 is 0. The van der Waals surface area contributed by atoms with Crippen LogP contribution >= 0.6 is 12.6 Å². The number of hydrogen-bond donors (Lipinski definition) is 2. The Bertz CT molecular complexity index is 267. The summed E-state index contributed by atoms with van der Waals surface area (Å²) in [4.78, 5) is 24.6. The average molecular weight is 244 g/mol. The van der Waals surface area contributed by atoms with Crippen LogP contribution in [0, 0.1) is 0 Å². The predicted octanol–water partition coefficient (Wildman–Crippen LogP) is 0.844. The van der Waals surface area contributed by atoms with Gasteiger partial charge in [-0.1, -0.05) is 6.08 Å². The second kappa shape index (κ2) is 7.33. The summed E-state index contributed by atoms with van der Waals surface area (Å²) in [6.07, 6.45) is 1.67. The van der Waals surface area contributed by atoms with Crippen LogP contribution in [-0.4, -0.2) is 41.1 Å². The topological polar surface area (TPSA) is 49.4 Å². The molecule has 0 saturated carbocycles. The van der Waals surface area contributed by atoms with Crippen molar-refractivity contribution in [3.8, 4) is 0 Å². The Balaban J connectivity index is 4.67. The standard InChI is InChI=1S/C11H20N2O2S/c1-5-6-13(8(2)3)11(15)10(7-16)12-9(4)14/h5,8,10,16H,1,6-7H2,2-4H3,(H,12,14). The molecule has 0 aromatic heterocycles. The molecule has 0 aliphatic rings. The molecular weight excluding hydrogens is 224 g/mol. The first-order valence-electron chi connectivity index (χ1n) is 5.23. The number of nitrogens with zero attached hydrogens (tertiary/aromatic N) is 1. The van der Waals surface area contributed by atoms with E-state index in [1.165, 1.54) is 6.92 Å². The molecule has 0 spiro atoms. The molecule has 0 rings (SSSR count). The Morgan fingerprint density at radius 1 is 1.50 bits per heavy atom. The minimum atomic E-state index is -0.566. The van der Waals surface area contributed by atoms with E-state index in [0.29, 0.717) is 12.3 Å². The molecule has 92 valence electrons. The van der Waals surface area contributed by atoms with Gasteiger partial charge in [-0.15, -0.1) is 6.58 Å². The summed E-state index contributed by atoms with van der Waals surface area (Å²) in [6.45, 7) is 9.31. The van der Waals surface area contributed by atoms with Crippen molar-refractivity contribution in [3.63, 3.8) is 0 Å². The number of hydrogen-bond acceptors (Lipinski definition) is 3. The summed E-state index contributed by atoms with van der Waals surface area (Å²) in [5.41, 5.74) is 0. The quantitative estimate of drug-likeness (QED) is 0.537. The lowest BCUT2D eigenvalue weighted by molar-refractivity contribution is -0.136. The van der Waals surface area contributed by atoms with Crippen LogP contribution in [0.15, 0.2) is 12.7 Å². The first-order chi connectivity index (χ1) is 7.43. The second-order valence-corrected chi connectivity index (χ2v) is 4.17. The lowest BCUT2D eigenvalue weighted by Crippen LogP contribution is -2.51. The van der Waals surface area contributed by atoms with Crippen molar-refractivity contribution in [1.82, 2.24) is 10.2 Å². The van der Waals surface area contributed by atoms with Crippen LogP contribution in [0.5, 0.6) is 0 Å². The number of carbonyl (C=O) groups excluding carboxylic acids is 2. The monoisotopic (exact) mass is 244 g/mol. The van der Waals surface area contributed by atoms with Crippen molar-refractivity contribution in [3.05, 3.63) is 12.7 Å². The molecule has 5 heteroatoms. The zero-order chi connectivity index (χ0) is 12.7. The minimum absolute atomic E-state index is 0.0710. The van der Waals surface area contributed by atoms with E-state index in [4.69, 9.17) is 0 Å². The first-order valence-corrected chi connectivity index (χ1v) is 5.86. The fourth-order valence-electron chi connectivity index (χ4n) is 1.33. The molecule has 0 aromatic carbocycles. The van der Waals surface area contributed by atoms with Crippen LogP contribution < -0.4 is 5.32 Å². The molecule has 0 aliphatic carbocycles. The fraction of sp³-hybridized carbons (Fsp3) is 0.636. The zero-order valence-corrected chi connectivity index (χ0v) is 11.0. The molecule has 0 heterocycles. The fourth-order valence-corrected chi connectivity index (χ4v) is 1.57. The highest BCUT2D eigenvalue weighted by Gasteiger charge is 2.24. The van der Waals surface area contributed by atoms with Gasteiger partial charge < -0.3 is 10.2 Å². The Morgan fingerprint density at radius 3 is 2.38 bits per heavy atom. The maximum atomic E-state index is 12.1. The van der Waals surface area contributed by atoms with Crippen molar-refractivity contribution >= 4 is 24.4 Å². The molecule has 0 saturated heterocycles. The second-order valence-electron chi connectivity index (χ2n) is 3.81. The van der Waals surface area contributed by atoms with Gasteiger partial charge in [0, 0.05) is 25.3 Å². The summed E-state index contributed by atoms with van der Waals surface area (Å²) in [7, 11) is 0. The van der Waals surface area contributed by atoms with Crippen LogP contribution in [-0.2, 0) is 9.59 Å². The summed E-state index contributed by atoms with van der Waals surface area (Å²) in [5.74, 6) is -0.0616. The lowest BCUT2D eigenvalue weighted by atomic mass is 10.2. The first kappa shape index (κ1) is 15.0. The number of thiol groups is 1. The number of carbonyl (C=O) groups is 2. The van der Waals surface area contributed by atoms with Crippen LogP contribution in [0.3, 0.4) is 0 Å². The van der Waals surface area contributed by atoms with Gasteiger partial charge in [0.15, 0.2) is 0 Å². The minimum Gasteiger partial charge on any atom is -0.344 e. The van der Waals surface area contributed by atoms with Crippen molar-refractivity contribution in [2.24, 2.45) is 0 Å². The highest BCUT2D eigenvalue weighted by molar-refractivity contribution is 7.80. The largest absolute Gasteiger partial charge is 0.344 e. The number of amides is 2.